The summed E-state index contributed by atoms with van der Waals surface area (Å²) >= 11 is 5.57. The maximum Gasteiger partial charge on any atom is 0.269 e. The van der Waals surface area contributed by atoms with E-state index in [0.29, 0.717) is 30.2 Å². The van der Waals surface area contributed by atoms with Gasteiger partial charge in [-0.05, 0) is 36.2 Å². The van der Waals surface area contributed by atoms with Crippen LogP contribution in [0, 0.1) is 10.1 Å². The number of carbonyl (C=O) groups is 1. The van der Waals surface area contributed by atoms with Crippen molar-refractivity contribution in [3.63, 3.8) is 0 Å². The number of nitrogens with zero attached hydrogens (tertiary/aromatic N) is 1. The Hall–Kier alpha value is -2.40. The molecule has 0 heterocycles. The Morgan fingerprint density at radius 1 is 1.17 bits per heavy atom. The Balaban J connectivity index is 2.17. The van der Waals surface area contributed by atoms with E-state index in [-0.39, 0.29) is 17.4 Å². The number of ketones is 1. The summed E-state index contributed by atoms with van der Waals surface area (Å²) in [5.74, 6) is 0.713. The summed E-state index contributed by atoms with van der Waals surface area (Å²) < 4.78 is 5.39. The Bertz CT molecular complexity index is 698. The molecule has 24 heavy (non-hydrogen) atoms. The van der Waals surface area contributed by atoms with Gasteiger partial charge in [0.25, 0.3) is 5.69 Å². The van der Waals surface area contributed by atoms with Gasteiger partial charge in [0.05, 0.1) is 10.8 Å². The summed E-state index contributed by atoms with van der Waals surface area (Å²) in [6.45, 7) is 2.33. The molecule has 0 radical (unpaired) electrons. The molecule has 0 bridgehead atoms. The second kappa shape index (κ2) is 8.45. The van der Waals surface area contributed by atoms with Crippen LogP contribution in [0.4, 0.5) is 5.69 Å². The van der Waals surface area contributed by atoms with Crippen molar-refractivity contribution in [2.75, 3.05) is 12.5 Å². The second-order valence-corrected chi connectivity index (χ2v) is 5.61. The summed E-state index contributed by atoms with van der Waals surface area (Å²) in [5, 5.41) is 10.7. The molecule has 0 aliphatic heterocycles. The van der Waals surface area contributed by atoms with Crippen molar-refractivity contribution in [3.8, 4) is 5.75 Å². The van der Waals surface area contributed by atoms with Crippen LogP contribution in [0.25, 0.3) is 0 Å². The number of Topliss-reactive ketones (excluding diaryl/α,β-unsaturated/α-hetero) is 1. The fourth-order valence-corrected chi connectivity index (χ4v) is 2.55. The monoisotopic (exact) mass is 347 g/mol. The standard InChI is InChI=1S/C18H18ClNO4/c1-2-17(13-3-7-15(8-4-13)20(22)23)18(21)14-5-9-16(10-6-14)24-12-11-19/h3-10,17H,2,11-12H2,1H3. The third-order valence-electron chi connectivity index (χ3n) is 3.72. The molecule has 1 unspecified atom stereocenters. The van der Waals surface area contributed by atoms with E-state index in [9.17, 15) is 14.9 Å². The second-order valence-electron chi connectivity index (χ2n) is 5.24. The largest absolute Gasteiger partial charge is 0.492 e. The molecule has 0 saturated heterocycles. The van der Waals surface area contributed by atoms with Crippen LogP contribution in [-0.4, -0.2) is 23.2 Å². The Labute approximate surface area is 145 Å². The molecule has 0 saturated carbocycles. The van der Waals surface area contributed by atoms with Crippen molar-refractivity contribution in [2.45, 2.75) is 19.3 Å². The number of benzene rings is 2. The summed E-state index contributed by atoms with van der Waals surface area (Å²) in [4.78, 5) is 23.0. The van der Waals surface area contributed by atoms with Crippen molar-refractivity contribution >= 4 is 23.1 Å². The number of halogens is 1. The predicted molar refractivity (Wildman–Crippen MR) is 93.1 cm³/mol. The zero-order chi connectivity index (χ0) is 17.5. The Kier molecular flexibility index (Phi) is 6.32. The summed E-state index contributed by atoms with van der Waals surface area (Å²) in [6.07, 6.45) is 0.612. The lowest BCUT2D eigenvalue weighted by molar-refractivity contribution is -0.384. The van der Waals surface area contributed by atoms with Crippen molar-refractivity contribution in [3.05, 3.63) is 69.8 Å². The molecule has 126 valence electrons. The highest BCUT2D eigenvalue weighted by Crippen LogP contribution is 2.27. The first-order valence-electron chi connectivity index (χ1n) is 7.64. The van der Waals surface area contributed by atoms with Crippen molar-refractivity contribution in [2.24, 2.45) is 0 Å². The fourth-order valence-electron chi connectivity index (χ4n) is 2.47. The Morgan fingerprint density at radius 2 is 1.79 bits per heavy atom. The number of carbonyl (C=O) groups excluding carboxylic acids is 1. The number of hydrogen-bond acceptors (Lipinski definition) is 4. The molecule has 0 aliphatic rings. The quantitative estimate of drug-likeness (QED) is 0.303. The normalized spacial score (nSPS) is 11.8. The average Bonchev–Trinajstić information content (AvgIpc) is 2.61. The van der Waals surface area contributed by atoms with Crippen molar-refractivity contribution < 1.29 is 14.5 Å². The van der Waals surface area contributed by atoms with Crippen LogP contribution in [0.1, 0.15) is 35.2 Å². The zero-order valence-electron chi connectivity index (χ0n) is 13.3. The molecular weight excluding hydrogens is 330 g/mol. The van der Waals surface area contributed by atoms with Gasteiger partial charge in [-0.3, -0.25) is 14.9 Å². The third-order valence-corrected chi connectivity index (χ3v) is 3.87. The van der Waals surface area contributed by atoms with E-state index in [1.165, 1.54) is 12.1 Å². The van der Waals surface area contributed by atoms with Crippen LogP contribution >= 0.6 is 11.6 Å². The Morgan fingerprint density at radius 3 is 2.29 bits per heavy atom. The SMILES string of the molecule is CCC(C(=O)c1ccc(OCCCl)cc1)c1ccc([N+](=O)[O-])cc1. The van der Waals surface area contributed by atoms with Gasteiger partial charge in [-0.25, -0.2) is 0 Å². The first-order chi connectivity index (χ1) is 11.6. The van der Waals surface area contributed by atoms with E-state index in [4.69, 9.17) is 16.3 Å². The molecule has 0 N–H and O–H groups in total. The van der Waals surface area contributed by atoms with E-state index in [2.05, 4.69) is 0 Å². The zero-order valence-corrected chi connectivity index (χ0v) is 14.0. The highest BCUT2D eigenvalue weighted by molar-refractivity contribution is 6.18. The first-order valence-corrected chi connectivity index (χ1v) is 8.17. The number of nitro groups is 1. The van der Waals surface area contributed by atoms with Crippen LogP contribution in [0.5, 0.6) is 5.75 Å². The van der Waals surface area contributed by atoms with Gasteiger partial charge in [0.1, 0.15) is 12.4 Å². The minimum atomic E-state index is -0.452. The molecule has 5 nitrogen and oxygen atoms in total. The van der Waals surface area contributed by atoms with Crippen LogP contribution < -0.4 is 4.74 Å². The van der Waals surface area contributed by atoms with Crippen LogP contribution in [-0.2, 0) is 0 Å². The van der Waals surface area contributed by atoms with E-state index in [0.717, 1.165) is 5.56 Å². The lowest BCUT2D eigenvalue weighted by atomic mass is 9.88. The first kappa shape index (κ1) is 17.9. The van der Waals surface area contributed by atoms with Crippen LogP contribution in [0.15, 0.2) is 48.5 Å². The van der Waals surface area contributed by atoms with Gasteiger partial charge in [-0.15, -0.1) is 11.6 Å². The van der Waals surface area contributed by atoms with Crippen LogP contribution in [0.2, 0.25) is 0 Å². The van der Waals surface area contributed by atoms with Gasteiger partial charge in [0, 0.05) is 23.6 Å². The molecule has 1 atom stereocenters. The summed E-state index contributed by atoms with van der Waals surface area (Å²) in [6, 6.07) is 13.1. The highest BCUT2D eigenvalue weighted by Gasteiger charge is 2.21. The topological polar surface area (TPSA) is 69.4 Å². The average molecular weight is 348 g/mol. The number of alkyl halides is 1. The van der Waals surface area contributed by atoms with E-state index in [1.807, 2.05) is 6.92 Å². The van der Waals surface area contributed by atoms with E-state index < -0.39 is 4.92 Å². The summed E-state index contributed by atoms with van der Waals surface area (Å²) in [7, 11) is 0. The lowest BCUT2D eigenvalue weighted by Crippen LogP contribution is -2.12. The summed E-state index contributed by atoms with van der Waals surface area (Å²) in [5.41, 5.74) is 1.37. The van der Waals surface area contributed by atoms with Gasteiger partial charge >= 0.3 is 0 Å². The molecule has 0 amide bonds. The van der Waals surface area contributed by atoms with Gasteiger partial charge in [0.15, 0.2) is 5.78 Å². The molecule has 6 heteroatoms. The van der Waals surface area contributed by atoms with Crippen LogP contribution in [0.3, 0.4) is 0 Å². The maximum atomic E-state index is 12.7. The van der Waals surface area contributed by atoms with Gasteiger partial charge in [-0.1, -0.05) is 19.1 Å². The lowest BCUT2D eigenvalue weighted by Gasteiger charge is -2.14. The fraction of sp³-hybridized carbons (Fsp3) is 0.278. The molecule has 2 aromatic carbocycles. The number of non-ortho nitro benzene ring substituents is 1. The van der Waals surface area contributed by atoms with Crippen molar-refractivity contribution in [1.29, 1.82) is 0 Å². The smallest absolute Gasteiger partial charge is 0.269 e. The minimum Gasteiger partial charge on any atom is -0.492 e. The number of hydrogen-bond donors (Lipinski definition) is 0. The van der Waals surface area contributed by atoms with Gasteiger partial charge < -0.3 is 4.74 Å². The van der Waals surface area contributed by atoms with E-state index in [1.54, 1.807) is 36.4 Å². The molecule has 0 aromatic heterocycles. The van der Waals surface area contributed by atoms with Gasteiger partial charge in [0.2, 0.25) is 0 Å². The third kappa shape index (κ3) is 4.32. The molecule has 0 fully saturated rings. The van der Waals surface area contributed by atoms with Crippen molar-refractivity contribution in [1.82, 2.24) is 0 Å². The molecule has 2 rings (SSSR count). The molecule has 0 aliphatic carbocycles. The van der Waals surface area contributed by atoms with Gasteiger partial charge in [-0.2, -0.15) is 0 Å². The molecule has 0 spiro atoms. The molecule has 2 aromatic rings. The molecular formula is C18H18ClNO4. The predicted octanol–water partition coefficient (Wildman–Crippen LogP) is 4.59. The number of rotatable bonds is 8. The van der Waals surface area contributed by atoms with E-state index >= 15 is 0 Å². The number of ether oxygens (including phenoxy) is 1. The number of nitro benzene ring substituents is 1. The highest BCUT2D eigenvalue weighted by atomic mass is 35.5. The maximum absolute atomic E-state index is 12.7. The minimum absolute atomic E-state index is 0.0156.